The normalized spacial score (nSPS) is 13.5. The Kier molecular flexibility index (Phi) is 5.66. The van der Waals surface area contributed by atoms with Crippen molar-refractivity contribution in [3.05, 3.63) is 35.7 Å². The zero-order chi connectivity index (χ0) is 19.7. The second-order valence-corrected chi connectivity index (χ2v) is 8.50. The highest BCUT2D eigenvalue weighted by Gasteiger charge is 2.37. The fourth-order valence-electron chi connectivity index (χ4n) is 2.03. The van der Waals surface area contributed by atoms with Crippen LogP contribution >= 0.6 is 11.8 Å². The van der Waals surface area contributed by atoms with E-state index in [1.54, 1.807) is 0 Å². The zero-order valence-corrected chi connectivity index (χ0v) is 15.5. The van der Waals surface area contributed by atoms with E-state index in [0.29, 0.717) is 11.3 Å². The number of aromatic nitrogens is 3. The quantitative estimate of drug-likeness (QED) is 0.583. The number of alkyl halides is 3. The third kappa shape index (κ3) is 4.97. The molecular formula is C14H15F3N4O3S2. The molecule has 0 radical (unpaired) electrons. The monoisotopic (exact) mass is 408 g/mol. The number of thioether (sulfide) groups is 1. The molecule has 0 spiro atoms. The standard InChI is InChI=1S/C14H15F3N4O3S2/c1-8(25-13-19-18-12(21(13)2)14(15,16)17)11(22)9-4-6-10(7-5-9)20-26(3,23)24/h4-8,20H,1-3H3/t8-/m1/s1. The van der Waals surface area contributed by atoms with Crippen molar-refractivity contribution in [3.63, 3.8) is 0 Å². The summed E-state index contributed by atoms with van der Waals surface area (Å²) >= 11 is 0.853. The Hall–Kier alpha value is -2.08. The van der Waals surface area contributed by atoms with Gasteiger partial charge in [0.15, 0.2) is 10.9 Å². The minimum atomic E-state index is -4.63. The first-order valence-electron chi connectivity index (χ1n) is 7.14. The van der Waals surface area contributed by atoms with Crippen LogP contribution in [-0.4, -0.2) is 40.5 Å². The van der Waals surface area contributed by atoms with Crippen LogP contribution in [0, 0.1) is 0 Å². The van der Waals surface area contributed by atoms with Gasteiger partial charge in [0.05, 0.1) is 11.5 Å². The minimum Gasteiger partial charge on any atom is -0.302 e. The van der Waals surface area contributed by atoms with E-state index in [0.717, 1.165) is 22.6 Å². The second kappa shape index (κ2) is 7.27. The number of anilines is 1. The van der Waals surface area contributed by atoms with Crippen molar-refractivity contribution in [1.82, 2.24) is 14.8 Å². The molecule has 1 N–H and O–H groups in total. The number of Topliss-reactive ketones (excluding diaryl/α,β-unsaturated/α-hetero) is 1. The van der Waals surface area contributed by atoms with Crippen molar-refractivity contribution in [2.24, 2.45) is 7.05 Å². The van der Waals surface area contributed by atoms with Crippen LogP contribution in [0.15, 0.2) is 29.4 Å². The van der Waals surface area contributed by atoms with Crippen LogP contribution < -0.4 is 4.72 Å². The third-order valence-corrected chi connectivity index (χ3v) is 4.95. The topological polar surface area (TPSA) is 93.9 Å². The molecular weight excluding hydrogens is 393 g/mol. The predicted octanol–water partition coefficient (Wildman–Crippen LogP) is 2.57. The number of hydrogen-bond acceptors (Lipinski definition) is 6. The SMILES string of the molecule is C[C@@H](Sc1nnc(C(F)(F)F)n1C)C(=O)c1ccc(NS(C)(=O)=O)cc1. The summed E-state index contributed by atoms with van der Waals surface area (Å²) in [7, 11) is -2.26. The lowest BCUT2D eigenvalue weighted by atomic mass is 10.1. The van der Waals surface area contributed by atoms with Crippen molar-refractivity contribution < 1.29 is 26.4 Å². The van der Waals surface area contributed by atoms with Gasteiger partial charge in [0.1, 0.15) is 0 Å². The number of benzene rings is 1. The van der Waals surface area contributed by atoms with Gasteiger partial charge in [-0.15, -0.1) is 10.2 Å². The van der Waals surface area contributed by atoms with Crippen LogP contribution in [0.1, 0.15) is 23.1 Å². The number of carbonyl (C=O) groups is 1. The molecule has 0 bridgehead atoms. The Morgan fingerprint density at radius 3 is 2.27 bits per heavy atom. The van der Waals surface area contributed by atoms with E-state index in [1.807, 2.05) is 0 Å². The summed E-state index contributed by atoms with van der Waals surface area (Å²) in [4.78, 5) is 12.4. The predicted molar refractivity (Wildman–Crippen MR) is 90.6 cm³/mol. The molecule has 0 amide bonds. The van der Waals surface area contributed by atoms with Crippen molar-refractivity contribution in [2.45, 2.75) is 23.5 Å². The van der Waals surface area contributed by atoms with Gasteiger partial charge in [-0.1, -0.05) is 11.8 Å². The Morgan fingerprint density at radius 1 is 1.23 bits per heavy atom. The molecule has 0 unspecified atom stereocenters. The molecule has 7 nitrogen and oxygen atoms in total. The van der Waals surface area contributed by atoms with Gasteiger partial charge in [-0.2, -0.15) is 13.2 Å². The molecule has 0 saturated carbocycles. The Morgan fingerprint density at radius 2 is 1.81 bits per heavy atom. The van der Waals surface area contributed by atoms with Gasteiger partial charge >= 0.3 is 6.18 Å². The highest BCUT2D eigenvalue weighted by Crippen LogP contribution is 2.31. The molecule has 0 aliphatic heterocycles. The highest BCUT2D eigenvalue weighted by molar-refractivity contribution is 8.00. The van der Waals surface area contributed by atoms with Crippen molar-refractivity contribution >= 4 is 33.3 Å². The molecule has 12 heteroatoms. The van der Waals surface area contributed by atoms with Crippen LogP contribution in [0.5, 0.6) is 0 Å². The van der Waals surface area contributed by atoms with Crippen LogP contribution in [0.25, 0.3) is 0 Å². The molecule has 0 aliphatic rings. The molecule has 1 aromatic carbocycles. The molecule has 0 saturated heterocycles. The lowest BCUT2D eigenvalue weighted by molar-refractivity contribution is -0.147. The Bertz CT molecular complexity index is 909. The molecule has 142 valence electrons. The second-order valence-electron chi connectivity index (χ2n) is 5.44. The number of hydrogen-bond donors (Lipinski definition) is 1. The summed E-state index contributed by atoms with van der Waals surface area (Å²) in [6.07, 6.45) is -3.63. The summed E-state index contributed by atoms with van der Waals surface area (Å²) in [5.41, 5.74) is 0.592. The molecule has 0 aliphatic carbocycles. The average Bonchev–Trinajstić information content (AvgIpc) is 2.86. The molecule has 2 rings (SSSR count). The van der Waals surface area contributed by atoms with E-state index < -0.39 is 27.3 Å². The molecule has 0 fully saturated rings. The summed E-state index contributed by atoms with van der Waals surface area (Å²) in [5, 5.41) is 5.84. The van der Waals surface area contributed by atoms with E-state index >= 15 is 0 Å². The first-order valence-corrected chi connectivity index (χ1v) is 9.91. The Labute approximate surface area is 152 Å². The van der Waals surface area contributed by atoms with E-state index in [4.69, 9.17) is 0 Å². The number of nitrogens with one attached hydrogen (secondary N) is 1. The van der Waals surface area contributed by atoms with Gasteiger partial charge in [0.25, 0.3) is 0 Å². The summed E-state index contributed by atoms with van der Waals surface area (Å²) in [6, 6.07) is 5.72. The molecule has 1 heterocycles. The summed E-state index contributed by atoms with van der Waals surface area (Å²) in [6.45, 7) is 1.54. The third-order valence-electron chi connectivity index (χ3n) is 3.21. The first-order chi connectivity index (χ1) is 11.9. The van der Waals surface area contributed by atoms with E-state index in [9.17, 15) is 26.4 Å². The molecule has 26 heavy (non-hydrogen) atoms. The number of sulfonamides is 1. The van der Waals surface area contributed by atoms with Gasteiger partial charge in [0, 0.05) is 18.3 Å². The van der Waals surface area contributed by atoms with Crippen LogP contribution in [0.3, 0.4) is 0 Å². The molecule has 1 atom stereocenters. The average molecular weight is 408 g/mol. The first kappa shape index (κ1) is 20.2. The zero-order valence-electron chi connectivity index (χ0n) is 13.9. The highest BCUT2D eigenvalue weighted by atomic mass is 32.2. The van der Waals surface area contributed by atoms with Crippen LogP contribution in [0.4, 0.5) is 18.9 Å². The fourth-order valence-corrected chi connectivity index (χ4v) is 3.48. The number of ketones is 1. The van der Waals surface area contributed by atoms with Crippen molar-refractivity contribution in [1.29, 1.82) is 0 Å². The van der Waals surface area contributed by atoms with Gasteiger partial charge in [0.2, 0.25) is 15.8 Å². The maximum Gasteiger partial charge on any atom is 0.451 e. The summed E-state index contributed by atoms with van der Waals surface area (Å²) in [5.74, 6) is -1.48. The van der Waals surface area contributed by atoms with Gasteiger partial charge in [-0.25, -0.2) is 8.42 Å². The Balaban J connectivity index is 2.12. The van der Waals surface area contributed by atoms with Gasteiger partial charge in [-0.05, 0) is 31.2 Å². The maximum atomic E-state index is 12.7. The number of nitrogens with zero attached hydrogens (tertiary/aromatic N) is 3. The molecule has 2 aromatic rings. The minimum absolute atomic E-state index is 0.0338. The van der Waals surface area contributed by atoms with E-state index in [1.165, 1.54) is 38.2 Å². The number of carbonyl (C=O) groups excluding carboxylic acids is 1. The van der Waals surface area contributed by atoms with Gasteiger partial charge < -0.3 is 4.57 Å². The van der Waals surface area contributed by atoms with Crippen molar-refractivity contribution in [2.75, 3.05) is 11.0 Å². The lowest BCUT2D eigenvalue weighted by Gasteiger charge is -2.11. The summed E-state index contributed by atoms with van der Waals surface area (Å²) < 4.78 is 63.6. The van der Waals surface area contributed by atoms with Crippen LogP contribution in [-0.2, 0) is 23.2 Å². The lowest BCUT2D eigenvalue weighted by Crippen LogP contribution is -2.16. The van der Waals surface area contributed by atoms with E-state index in [2.05, 4.69) is 14.9 Å². The van der Waals surface area contributed by atoms with Gasteiger partial charge in [-0.3, -0.25) is 9.52 Å². The number of halogens is 3. The fraction of sp³-hybridized carbons (Fsp3) is 0.357. The smallest absolute Gasteiger partial charge is 0.302 e. The largest absolute Gasteiger partial charge is 0.451 e. The maximum absolute atomic E-state index is 12.7. The van der Waals surface area contributed by atoms with Crippen LogP contribution in [0.2, 0.25) is 0 Å². The van der Waals surface area contributed by atoms with E-state index in [-0.39, 0.29) is 10.9 Å². The number of rotatable bonds is 6. The van der Waals surface area contributed by atoms with Crippen molar-refractivity contribution in [3.8, 4) is 0 Å². The molecule has 1 aromatic heterocycles.